The minimum Gasteiger partial charge on any atom is -0.444 e. The van der Waals surface area contributed by atoms with Crippen LogP contribution >= 0.6 is 11.6 Å². The van der Waals surface area contributed by atoms with Crippen LogP contribution in [-0.2, 0) is 47.2 Å². The molecule has 55 heavy (non-hydrogen) atoms. The molecule has 0 bridgehead atoms. The highest BCUT2D eigenvalue weighted by Crippen LogP contribution is 2.48. The van der Waals surface area contributed by atoms with E-state index in [0.717, 1.165) is 30.4 Å². The standard InChI is InChI=1S/C36H49ClF2N6O9S/c1-34(2,3)54-32(49)40-27-13-8-6-4-5-7-11-23-17-36(23,31(48)42-55(51,52)44-15-14-35(38,39)21-44)41-29(46)28-16-24(19-45(28)30(27)47)53-33(50)43-18-22-10-9-12-26(37)25(22)20-43/h9-10,12,23-24,27-28H,4-8,11,13-21H2,1-3H3,(H,40,49)(H,41,46)(H,42,48)/t23-,24-,27+,28+,36-/m1/s1. The monoisotopic (exact) mass is 814 g/mol. The van der Waals surface area contributed by atoms with E-state index in [2.05, 4.69) is 10.6 Å². The third kappa shape index (κ3) is 9.44. The van der Waals surface area contributed by atoms with Crippen LogP contribution in [0.2, 0.25) is 5.02 Å². The van der Waals surface area contributed by atoms with E-state index in [0.29, 0.717) is 28.6 Å². The number of nitrogens with zero attached hydrogens (tertiary/aromatic N) is 3. The molecular formula is C36H49ClF2N6O9S. The summed E-state index contributed by atoms with van der Waals surface area (Å²) in [5.74, 6) is -6.16. The van der Waals surface area contributed by atoms with Crippen LogP contribution in [0, 0.1) is 5.92 Å². The number of alkyl halides is 2. The quantitative estimate of drug-likeness (QED) is 0.396. The molecule has 3 saturated heterocycles. The topological polar surface area (TPSA) is 184 Å². The highest BCUT2D eigenvalue weighted by atomic mass is 35.5. The Hall–Kier alpha value is -3.77. The van der Waals surface area contributed by atoms with Gasteiger partial charge in [-0.05, 0) is 63.1 Å². The van der Waals surface area contributed by atoms with E-state index in [1.54, 1.807) is 32.9 Å². The molecule has 0 spiro atoms. The zero-order valence-electron chi connectivity index (χ0n) is 31.2. The van der Waals surface area contributed by atoms with Gasteiger partial charge in [0.15, 0.2) is 0 Å². The van der Waals surface area contributed by atoms with Gasteiger partial charge in [-0.2, -0.15) is 12.7 Å². The Labute approximate surface area is 324 Å². The van der Waals surface area contributed by atoms with E-state index in [-0.39, 0.29) is 38.9 Å². The Balaban J connectivity index is 1.24. The Kier molecular flexibility index (Phi) is 11.6. The molecule has 5 aliphatic rings. The SMILES string of the molecule is CC(C)(C)OC(=O)N[C@H]1CCCCCCC[C@@H]2C[C@@]2(C(=O)NS(=O)(=O)N2CCC(F)(F)C2)NC(=O)[C@@H]2C[C@@H](OC(=O)N3Cc4cccc(Cl)c4C3)CN2C1=O. The fourth-order valence-electron chi connectivity index (χ4n) is 7.93. The van der Waals surface area contributed by atoms with Gasteiger partial charge >= 0.3 is 22.4 Å². The summed E-state index contributed by atoms with van der Waals surface area (Å²) in [4.78, 5) is 71.5. The molecule has 1 aromatic carbocycles. The maximum Gasteiger partial charge on any atom is 0.410 e. The predicted molar refractivity (Wildman–Crippen MR) is 194 cm³/mol. The van der Waals surface area contributed by atoms with Crippen molar-refractivity contribution >= 4 is 51.7 Å². The first-order valence-corrected chi connectivity index (χ1v) is 20.6. The van der Waals surface area contributed by atoms with E-state index in [1.807, 2.05) is 10.8 Å². The number of rotatable bonds is 5. The second-order valence-corrected chi connectivity index (χ2v) is 18.3. The average Bonchev–Trinajstić information content (AvgIpc) is 3.41. The third-order valence-electron chi connectivity index (χ3n) is 10.9. The molecule has 4 aliphatic heterocycles. The number of benzene rings is 1. The van der Waals surface area contributed by atoms with Crippen LogP contribution in [-0.4, -0.2) is 107 Å². The highest BCUT2D eigenvalue weighted by Gasteiger charge is 2.62. The average molecular weight is 815 g/mol. The number of nitrogens with one attached hydrogen (secondary N) is 3. The van der Waals surface area contributed by atoms with Gasteiger partial charge in [-0.3, -0.25) is 19.3 Å². The van der Waals surface area contributed by atoms with Crippen LogP contribution in [0.4, 0.5) is 18.4 Å². The van der Waals surface area contributed by atoms with E-state index in [1.165, 1.54) is 9.80 Å². The summed E-state index contributed by atoms with van der Waals surface area (Å²) in [6.07, 6.45) is 0.972. The van der Waals surface area contributed by atoms with Crippen molar-refractivity contribution in [1.29, 1.82) is 0 Å². The zero-order valence-corrected chi connectivity index (χ0v) is 32.8. The van der Waals surface area contributed by atoms with Gasteiger partial charge in [0.2, 0.25) is 11.8 Å². The Bertz CT molecular complexity index is 1810. The summed E-state index contributed by atoms with van der Waals surface area (Å²) in [7, 11) is -4.67. The van der Waals surface area contributed by atoms with Gasteiger partial charge < -0.3 is 25.0 Å². The summed E-state index contributed by atoms with van der Waals surface area (Å²) < 4.78 is 67.8. The number of amides is 5. The second kappa shape index (κ2) is 15.6. The Morgan fingerprint density at radius 3 is 2.42 bits per heavy atom. The van der Waals surface area contributed by atoms with Crippen molar-refractivity contribution in [1.82, 2.24) is 29.5 Å². The minimum absolute atomic E-state index is 0.0935. The van der Waals surface area contributed by atoms with E-state index >= 15 is 0 Å². The van der Waals surface area contributed by atoms with Gasteiger partial charge in [-0.1, -0.05) is 55.8 Å². The minimum atomic E-state index is -4.67. The molecule has 19 heteroatoms. The fraction of sp³-hybridized carbons (Fsp3) is 0.694. The number of carbonyl (C=O) groups is 5. The molecule has 0 unspecified atom stereocenters. The molecule has 0 aromatic heterocycles. The van der Waals surface area contributed by atoms with Crippen LogP contribution in [0.3, 0.4) is 0 Å². The lowest BCUT2D eigenvalue weighted by molar-refractivity contribution is -0.141. The first-order chi connectivity index (χ1) is 25.8. The van der Waals surface area contributed by atoms with Gasteiger partial charge in [0, 0.05) is 31.0 Å². The van der Waals surface area contributed by atoms with Crippen molar-refractivity contribution in [2.45, 2.75) is 133 Å². The molecule has 3 N–H and O–H groups in total. The molecule has 5 amide bonds. The van der Waals surface area contributed by atoms with Crippen LogP contribution in [0.25, 0.3) is 0 Å². The van der Waals surface area contributed by atoms with Gasteiger partial charge in [-0.15, -0.1) is 0 Å². The predicted octanol–water partition coefficient (Wildman–Crippen LogP) is 3.98. The molecular weight excluding hydrogens is 766 g/mol. The number of halogens is 3. The molecule has 15 nitrogen and oxygen atoms in total. The lowest BCUT2D eigenvalue weighted by Crippen LogP contribution is -2.59. The smallest absolute Gasteiger partial charge is 0.410 e. The molecule has 1 aromatic rings. The van der Waals surface area contributed by atoms with Crippen molar-refractivity contribution in [2.75, 3.05) is 19.6 Å². The van der Waals surface area contributed by atoms with Gasteiger partial charge in [0.1, 0.15) is 29.3 Å². The number of carbonyl (C=O) groups excluding carboxylic acids is 5. The maximum absolute atomic E-state index is 14.4. The summed E-state index contributed by atoms with van der Waals surface area (Å²) >= 11 is 6.35. The molecule has 0 radical (unpaired) electrons. The van der Waals surface area contributed by atoms with Crippen molar-refractivity contribution in [3.63, 3.8) is 0 Å². The lowest BCUT2D eigenvalue weighted by atomic mass is 10.0. The van der Waals surface area contributed by atoms with Crippen LogP contribution in [0.15, 0.2) is 18.2 Å². The van der Waals surface area contributed by atoms with Crippen LogP contribution < -0.4 is 15.4 Å². The summed E-state index contributed by atoms with van der Waals surface area (Å²) in [5.41, 5.74) is -0.906. The number of ether oxygens (including phenoxy) is 2. The maximum atomic E-state index is 14.4. The fourth-order valence-corrected chi connectivity index (χ4v) is 9.42. The normalized spacial score (nSPS) is 28.8. The second-order valence-electron chi connectivity index (χ2n) is 16.3. The van der Waals surface area contributed by atoms with Crippen molar-refractivity contribution in [3.05, 3.63) is 34.3 Å². The summed E-state index contributed by atoms with van der Waals surface area (Å²) in [5, 5.41) is 5.91. The molecule has 4 heterocycles. The Morgan fingerprint density at radius 1 is 1.04 bits per heavy atom. The van der Waals surface area contributed by atoms with Crippen molar-refractivity contribution in [2.24, 2.45) is 5.92 Å². The number of hydrogen-bond donors (Lipinski definition) is 3. The van der Waals surface area contributed by atoms with Crippen LogP contribution in [0.5, 0.6) is 0 Å². The molecule has 304 valence electrons. The highest BCUT2D eigenvalue weighted by molar-refractivity contribution is 7.87. The molecule has 5 atom stereocenters. The largest absolute Gasteiger partial charge is 0.444 e. The van der Waals surface area contributed by atoms with E-state index < -0.39 is 101 Å². The number of alkyl carbamates (subject to hydrolysis) is 1. The third-order valence-corrected chi connectivity index (χ3v) is 12.7. The van der Waals surface area contributed by atoms with E-state index in [9.17, 15) is 41.2 Å². The molecule has 6 rings (SSSR count). The lowest BCUT2D eigenvalue weighted by Gasteiger charge is -2.30. The summed E-state index contributed by atoms with van der Waals surface area (Å²) in [6, 6.07) is 2.96. The first kappa shape index (κ1) is 40.9. The van der Waals surface area contributed by atoms with Crippen molar-refractivity contribution in [3.8, 4) is 0 Å². The van der Waals surface area contributed by atoms with Gasteiger partial charge in [0.05, 0.1) is 19.6 Å². The van der Waals surface area contributed by atoms with E-state index in [4.69, 9.17) is 21.1 Å². The van der Waals surface area contributed by atoms with Crippen molar-refractivity contribution < 1.29 is 50.6 Å². The molecule has 4 fully saturated rings. The number of fused-ring (bicyclic) bond motifs is 3. The molecule has 1 aliphatic carbocycles. The Morgan fingerprint density at radius 2 is 1.75 bits per heavy atom. The zero-order chi connectivity index (χ0) is 39.9. The summed E-state index contributed by atoms with van der Waals surface area (Å²) in [6.45, 7) is 3.72. The van der Waals surface area contributed by atoms with Gasteiger partial charge in [0.25, 0.3) is 11.8 Å². The van der Waals surface area contributed by atoms with Gasteiger partial charge in [-0.25, -0.2) is 23.1 Å². The number of hydrogen-bond acceptors (Lipinski definition) is 9. The van der Waals surface area contributed by atoms with Crippen LogP contribution in [0.1, 0.15) is 96.1 Å². The molecule has 1 saturated carbocycles. The first-order valence-electron chi connectivity index (χ1n) is 18.8.